The normalized spacial score (nSPS) is 16.8. The Balaban J connectivity index is 1.68. The molecule has 3 heteroatoms. The summed E-state index contributed by atoms with van der Waals surface area (Å²) >= 11 is 0. The number of hydrogen-bond acceptors (Lipinski definition) is 3. The largest absolute Gasteiger partial charge is 0.494 e. The topological polar surface area (TPSA) is 29.5 Å². The number of carbonyl (C=O) groups excluding carboxylic acids is 1. The van der Waals surface area contributed by atoms with E-state index in [0.717, 1.165) is 49.4 Å². The molecule has 1 heterocycles. The number of ketones is 1. The van der Waals surface area contributed by atoms with Gasteiger partial charge in [0.1, 0.15) is 5.75 Å². The van der Waals surface area contributed by atoms with Crippen molar-refractivity contribution in [2.24, 2.45) is 0 Å². The maximum atomic E-state index is 12.4. The van der Waals surface area contributed by atoms with Crippen molar-refractivity contribution in [1.82, 2.24) is 4.90 Å². The summed E-state index contributed by atoms with van der Waals surface area (Å²) in [4.78, 5) is 14.7. The molecule has 136 valence electrons. The van der Waals surface area contributed by atoms with Gasteiger partial charge in [-0.1, -0.05) is 55.8 Å². The highest BCUT2D eigenvalue weighted by Gasteiger charge is 2.21. The van der Waals surface area contributed by atoms with Crippen LogP contribution in [-0.4, -0.2) is 30.4 Å². The molecule has 2 aromatic rings. The first-order valence-electron chi connectivity index (χ1n) is 9.47. The molecule has 3 nitrogen and oxygen atoms in total. The van der Waals surface area contributed by atoms with Gasteiger partial charge in [0.2, 0.25) is 0 Å². The van der Waals surface area contributed by atoms with E-state index in [0.29, 0.717) is 13.0 Å². The second kappa shape index (κ2) is 9.35. The van der Waals surface area contributed by atoms with E-state index in [1.165, 1.54) is 5.56 Å². The predicted molar refractivity (Wildman–Crippen MR) is 106 cm³/mol. The summed E-state index contributed by atoms with van der Waals surface area (Å²) in [6.07, 6.45) is 4.78. The SMILES string of the molecule is CCCCOc1cccc(/C=C2\CN(Cc3ccccc3)CCC2=O)c1. The van der Waals surface area contributed by atoms with E-state index >= 15 is 0 Å². The Morgan fingerprint density at radius 3 is 2.77 bits per heavy atom. The van der Waals surface area contributed by atoms with Gasteiger partial charge in [-0.25, -0.2) is 0 Å². The molecule has 2 aromatic carbocycles. The van der Waals surface area contributed by atoms with Crippen LogP contribution in [-0.2, 0) is 11.3 Å². The van der Waals surface area contributed by atoms with Crippen LogP contribution in [0.25, 0.3) is 6.08 Å². The zero-order chi connectivity index (χ0) is 18.2. The zero-order valence-electron chi connectivity index (χ0n) is 15.5. The van der Waals surface area contributed by atoms with E-state index in [1.54, 1.807) is 0 Å². The molecule has 3 rings (SSSR count). The number of nitrogens with zero attached hydrogens (tertiary/aromatic N) is 1. The van der Waals surface area contributed by atoms with Gasteiger partial charge >= 0.3 is 0 Å². The Morgan fingerprint density at radius 2 is 1.96 bits per heavy atom. The maximum Gasteiger partial charge on any atom is 0.161 e. The van der Waals surface area contributed by atoms with Gasteiger partial charge < -0.3 is 4.74 Å². The molecule has 1 aliphatic heterocycles. The van der Waals surface area contributed by atoms with Gasteiger partial charge in [-0.2, -0.15) is 0 Å². The number of hydrogen-bond donors (Lipinski definition) is 0. The van der Waals surface area contributed by atoms with E-state index < -0.39 is 0 Å². The quantitative estimate of drug-likeness (QED) is 0.535. The summed E-state index contributed by atoms with van der Waals surface area (Å²) in [5, 5.41) is 0. The zero-order valence-corrected chi connectivity index (χ0v) is 15.5. The summed E-state index contributed by atoms with van der Waals surface area (Å²) in [5.41, 5.74) is 3.20. The molecule has 26 heavy (non-hydrogen) atoms. The monoisotopic (exact) mass is 349 g/mol. The summed E-state index contributed by atoms with van der Waals surface area (Å²) in [6, 6.07) is 18.4. The predicted octanol–water partition coefficient (Wildman–Crippen LogP) is 4.72. The van der Waals surface area contributed by atoms with E-state index in [9.17, 15) is 4.79 Å². The highest BCUT2D eigenvalue weighted by Crippen LogP contribution is 2.21. The summed E-state index contributed by atoms with van der Waals surface area (Å²) in [7, 11) is 0. The molecular weight excluding hydrogens is 322 g/mol. The van der Waals surface area contributed by atoms with Crippen LogP contribution in [0.5, 0.6) is 5.75 Å². The van der Waals surface area contributed by atoms with Crippen molar-refractivity contribution < 1.29 is 9.53 Å². The number of piperidine rings is 1. The third kappa shape index (κ3) is 5.30. The second-order valence-corrected chi connectivity index (χ2v) is 6.81. The van der Waals surface area contributed by atoms with E-state index in [2.05, 4.69) is 36.1 Å². The molecule has 0 aliphatic carbocycles. The first-order valence-corrected chi connectivity index (χ1v) is 9.47. The van der Waals surface area contributed by atoms with Crippen molar-refractivity contribution in [2.75, 3.05) is 19.7 Å². The Bertz CT molecular complexity index is 752. The van der Waals surface area contributed by atoms with Gasteiger partial charge in [0.25, 0.3) is 0 Å². The highest BCUT2D eigenvalue weighted by atomic mass is 16.5. The fourth-order valence-corrected chi connectivity index (χ4v) is 3.16. The van der Waals surface area contributed by atoms with Gasteiger partial charge in [0.05, 0.1) is 6.61 Å². The van der Waals surface area contributed by atoms with E-state index in [-0.39, 0.29) is 5.78 Å². The summed E-state index contributed by atoms with van der Waals surface area (Å²) in [6.45, 7) is 5.30. The van der Waals surface area contributed by atoms with E-state index in [1.807, 2.05) is 36.4 Å². The number of ether oxygens (including phenoxy) is 1. The molecule has 0 bridgehead atoms. The molecular formula is C23H27NO2. The molecule has 0 spiro atoms. The van der Waals surface area contributed by atoms with Crippen LogP contribution in [0.3, 0.4) is 0 Å². The fraction of sp³-hybridized carbons (Fsp3) is 0.348. The van der Waals surface area contributed by atoms with Crippen LogP contribution in [0.1, 0.15) is 37.3 Å². The molecule has 0 radical (unpaired) electrons. The van der Waals surface area contributed by atoms with Crippen LogP contribution in [0.4, 0.5) is 0 Å². The average molecular weight is 349 g/mol. The van der Waals surface area contributed by atoms with Gasteiger partial charge in [-0.3, -0.25) is 9.69 Å². The van der Waals surface area contributed by atoms with Crippen molar-refractivity contribution in [2.45, 2.75) is 32.7 Å². The Kier molecular flexibility index (Phi) is 6.62. The Hall–Kier alpha value is -2.39. The minimum Gasteiger partial charge on any atom is -0.494 e. The van der Waals surface area contributed by atoms with Crippen LogP contribution >= 0.6 is 0 Å². The second-order valence-electron chi connectivity index (χ2n) is 6.81. The van der Waals surface area contributed by atoms with Crippen molar-refractivity contribution in [3.8, 4) is 5.75 Å². The lowest BCUT2D eigenvalue weighted by Gasteiger charge is -2.27. The van der Waals surface area contributed by atoms with Gasteiger partial charge in [-0.15, -0.1) is 0 Å². The standard InChI is InChI=1S/C23H27NO2/c1-2-3-14-26-22-11-7-10-20(16-22)15-21-18-24(13-12-23(21)25)17-19-8-5-4-6-9-19/h4-11,15-16H,2-3,12-14,17-18H2,1H3/b21-15+. The molecule has 0 N–H and O–H groups in total. The molecule has 0 amide bonds. The molecule has 0 aromatic heterocycles. The molecule has 0 unspecified atom stereocenters. The molecule has 1 fully saturated rings. The Labute approximate surface area is 156 Å². The molecule has 0 atom stereocenters. The smallest absolute Gasteiger partial charge is 0.161 e. The van der Waals surface area contributed by atoms with Crippen LogP contribution in [0, 0.1) is 0 Å². The number of carbonyl (C=O) groups is 1. The first kappa shape index (κ1) is 18.4. The van der Waals surface area contributed by atoms with Crippen LogP contribution in [0.2, 0.25) is 0 Å². The lowest BCUT2D eigenvalue weighted by Crippen LogP contribution is -2.35. The number of Topliss-reactive ketones (excluding diaryl/α,β-unsaturated/α-hetero) is 1. The molecule has 0 saturated carbocycles. The van der Waals surface area contributed by atoms with Gasteiger partial charge in [-0.05, 0) is 35.8 Å². The third-order valence-corrected chi connectivity index (χ3v) is 4.62. The van der Waals surface area contributed by atoms with Gasteiger partial charge in [0, 0.05) is 31.6 Å². The Morgan fingerprint density at radius 1 is 1.12 bits per heavy atom. The van der Waals surface area contributed by atoms with Crippen molar-refractivity contribution in [3.63, 3.8) is 0 Å². The average Bonchev–Trinajstić information content (AvgIpc) is 2.66. The molecule has 1 aliphatic rings. The number of unbranched alkanes of at least 4 members (excludes halogenated alkanes) is 1. The lowest BCUT2D eigenvalue weighted by molar-refractivity contribution is -0.117. The van der Waals surface area contributed by atoms with Crippen molar-refractivity contribution in [1.29, 1.82) is 0 Å². The summed E-state index contributed by atoms with van der Waals surface area (Å²) < 4.78 is 5.78. The van der Waals surface area contributed by atoms with Crippen LogP contribution < -0.4 is 4.74 Å². The summed E-state index contributed by atoms with van der Waals surface area (Å²) in [5.74, 6) is 1.13. The van der Waals surface area contributed by atoms with Gasteiger partial charge in [0.15, 0.2) is 5.78 Å². The minimum atomic E-state index is 0.256. The number of rotatable bonds is 7. The minimum absolute atomic E-state index is 0.256. The number of benzene rings is 2. The number of likely N-dealkylation sites (tertiary alicyclic amines) is 1. The maximum absolute atomic E-state index is 12.4. The van der Waals surface area contributed by atoms with Crippen molar-refractivity contribution in [3.05, 3.63) is 71.3 Å². The lowest BCUT2D eigenvalue weighted by atomic mass is 9.99. The first-order chi connectivity index (χ1) is 12.7. The highest BCUT2D eigenvalue weighted by molar-refractivity contribution is 6.00. The fourth-order valence-electron chi connectivity index (χ4n) is 3.16. The molecule has 1 saturated heterocycles. The van der Waals surface area contributed by atoms with E-state index in [4.69, 9.17) is 4.74 Å². The van der Waals surface area contributed by atoms with Crippen LogP contribution in [0.15, 0.2) is 60.2 Å². The third-order valence-electron chi connectivity index (χ3n) is 4.62. The van der Waals surface area contributed by atoms with Crippen molar-refractivity contribution >= 4 is 11.9 Å².